The largest absolute Gasteiger partial charge is 0.455 e. The van der Waals surface area contributed by atoms with Crippen molar-refractivity contribution < 1.29 is 19.1 Å². The number of aryl methyl sites for hydroxylation is 1. The number of para-hydroxylation sites is 2. The summed E-state index contributed by atoms with van der Waals surface area (Å²) in [6.45, 7) is 4.02. The van der Waals surface area contributed by atoms with Gasteiger partial charge in [0.05, 0.1) is 12.3 Å². The van der Waals surface area contributed by atoms with Crippen LogP contribution in [0.3, 0.4) is 0 Å². The van der Waals surface area contributed by atoms with Crippen LogP contribution in [0.15, 0.2) is 72.8 Å². The molecule has 148 valence electrons. The van der Waals surface area contributed by atoms with Gasteiger partial charge in [-0.3, -0.25) is 10.1 Å². The summed E-state index contributed by atoms with van der Waals surface area (Å²) in [5, 5.41) is 5.45. The van der Waals surface area contributed by atoms with Gasteiger partial charge < -0.3 is 14.8 Å². The average molecular weight is 390 g/mol. The number of amides is 2. The molecule has 0 bridgehead atoms. The summed E-state index contributed by atoms with van der Waals surface area (Å²) in [4.78, 5) is 24.1. The van der Waals surface area contributed by atoms with Gasteiger partial charge in [0.15, 0.2) is 5.75 Å². The summed E-state index contributed by atoms with van der Waals surface area (Å²) in [5.41, 5.74) is 2.69. The van der Waals surface area contributed by atoms with E-state index in [1.54, 1.807) is 43.3 Å². The Labute approximate surface area is 169 Å². The zero-order valence-corrected chi connectivity index (χ0v) is 16.3. The lowest BCUT2D eigenvalue weighted by molar-refractivity contribution is 0.102. The fourth-order valence-corrected chi connectivity index (χ4v) is 2.58. The van der Waals surface area contributed by atoms with Gasteiger partial charge in [0, 0.05) is 11.3 Å². The van der Waals surface area contributed by atoms with Crippen LogP contribution in [0.25, 0.3) is 0 Å². The van der Waals surface area contributed by atoms with Crippen LogP contribution in [0.2, 0.25) is 0 Å². The molecule has 0 spiro atoms. The minimum atomic E-state index is -0.535. The highest BCUT2D eigenvalue weighted by Gasteiger charge is 2.11. The maximum absolute atomic E-state index is 12.6. The molecule has 3 aromatic carbocycles. The monoisotopic (exact) mass is 390 g/mol. The molecule has 3 aromatic rings. The third-order valence-electron chi connectivity index (χ3n) is 4.05. The highest BCUT2D eigenvalue weighted by atomic mass is 16.5. The summed E-state index contributed by atoms with van der Waals surface area (Å²) >= 11 is 0. The molecule has 0 saturated heterocycles. The maximum Gasteiger partial charge on any atom is 0.411 e. The molecule has 3 rings (SSSR count). The second-order valence-electron chi connectivity index (χ2n) is 6.29. The van der Waals surface area contributed by atoms with Crippen LogP contribution in [0.4, 0.5) is 16.2 Å². The zero-order chi connectivity index (χ0) is 20.6. The highest BCUT2D eigenvalue weighted by molar-refractivity contribution is 6.05. The van der Waals surface area contributed by atoms with Gasteiger partial charge in [-0.2, -0.15) is 0 Å². The molecule has 0 heterocycles. The van der Waals surface area contributed by atoms with Crippen LogP contribution in [-0.2, 0) is 4.74 Å². The maximum atomic E-state index is 12.6. The van der Waals surface area contributed by atoms with Crippen molar-refractivity contribution in [3.63, 3.8) is 0 Å². The molecule has 0 aliphatic heterocycles. The summed E-state index contributed by atoms with van der Waals surface area (Å²) in [6, 6.07) is 21.4. The van der Waals surface area contributed by atoms with Gasteiger partial charge in [0.2, 0.25) is 0 Å². The molecule has 0 aliphatic rings. The van der Waals surface area contributed by atoms with Crippen molar-refractivity contribution in [3.8, 4) is 11.5 Å². The van der Waals surface area contributed by atoms with Crippen LogP contribution in [0.1, 0.15) is 22.8 Å². The fraction of sp³-hybridized carbons (Fsp3) is 0.130. The predicted octanol–water partition coefficient (Wildman–Crippen LogP) is 5.61. The Kier molecular flexibility index (Phi) is 6.47. The number of rotatable bonds is 6. The number of carbonyl (C=O) groups excluding carboxylic acids is 2. The molecule has 6 heteroatoms. The second-order valence-corrected chi connectivity index (χ2v) is 6.29. The lowest BCUT2D eigenvalue weighted by Crippen LogP contribution is -2.14. The van der Waals surface area contributed by atoms with E-state index in [2.05, 4.69) is 10.6 Å². The van der Waals surface area contributed by atoms with Crippen molar-refractivity contribution in [3.05, 3.63) is 83.9 Å². The van der Waals surface area contributed by atoms with Crippen molar-refractivity contribution >= 4 is 23.4 Å². The molecule has 0 aromatic heterocycles. The van der Waals surface area contributed by atoms with E-state index in [0.717, 1.165) is 5.56 Å². The first-order valence-electron chi connectivity index (χ1n) is 9.24. The van der Waals surface area contributed by atoms with E-state index in [9.17, 15) is 9.59 Å². The highest BCUT2D eigenvalue weighted by Crippen LogP contribution is 2.29. The van der Waals surface area contributed by atoms with Crippen LogP contribution >= 0.6 is 0 Å². The molecule has 6 nitrogen and oxygen atoms in total. The molecule has 0 aliphatic carbocycles. The molecular formula is C23H22N2O4. The van der Waals surface area contributed by atoms with Gasteiger partial charge in [-0.15, -0.1) is 0 Å². The molecule has 0 atom stereocenters. The third-order valence-corrected chi connectivity index (χ3v) is 4.05. The van der Waals surface area contributed by atoms with Crippen LogP contribution < -0.4 is 15.4 Å². The van der Waals surface area contributed by atoms with Crippen LogP contribution in [-0.4, -0.2) is 18.6 Å². The molecule has 2 N–H and O–H groups in total. The number of nitrogens with one attached hydrogen (secondary N) is 2. The Bertz CT molecular complexity index is 983. The Balaban J connectivity index is 1.69. The van der Waals surface area contributed by atoms with Crippen LogP contribution in [0.5, 0.6) is 11.5 Å². The quantitative estimate of drug-likeness (QED) is 0.574. The van der Waals surface area contributed by atoms with Gasteiger partial charge in [0.25, 0.3) is 5.91 Å². The van der Waals surface area contributed by atoms with Crippen LogP contribution in [0, 0.1) is 6.92 Å². The number of carbonyl (C=O) groups is 2. The van der Waals surface area contributed by atoms with Gasteiger partial charge in [0.1, 0.15) is 5.75 Å². The molecule has 2 amide bonds. The van der Waals surface area contributed by atoms with Crippen molar-refractivity contribution in [2.24, 2.45) is 0 Å². The van der Waals surface area contributed by atoms with E-state index in [1.807, 2.05) is 43.3 Å². The molecular weight excluding hydrogens is 368 g/mol. The standard InChI is InChI=1S/C23H22N2O4/c1-3-28-23(27)24-18-12-10-17(11-13-18)22(26)25-20-6-4-5-7-21(20)29-19-14-8-16(2)9-15-19/h4-15H,3H2,1-2H3,(H,24,27)(H,25,26). The molecule has 0 unspecified atom stereocenters. The SMILES string of the molecule is CCOC(=O)Nc1ccc(C(=O)Nc2ccccc2Oc2ccc(C)cc2)cc1. The van der Waals surface area contributed by atoms with E-state index in [-0.39, 0.29) is 12.5 Å². The summed E-state index contributed by atoms with van der Waals surface area (Å²) < 4.78 is 10.7. The van der Waals surface area contributed by atoms with Crippen molar-refractivity contribution in [2.75, 3.05) is 17.2 Å². The van der Waals surface area contributed by atoms with Crippen molar-refractivity contribution in [1.82, 2.24) is 0 Å². The van der Waals surface area contributed by atoms with E-state index in [0.29, 0.717) is 28.4 Å². The summed E-state index contributed by atoms with van der Waals surface area (Å²) in [7, 11) is 0. The molecule has 0 radical (unpaired) electrons. The van der Waals surface area contributed by atoms with Gasteiger partial charge in [-0.1, -0.05) is 29.8 Å². The van der Waals surface area contributed by atoms with E-state index >= 15 is 0 Å². The normalized spacial score (nSPS) is 10.1. The van der Waals surface area contributed by atoms with E-state index in [4.69, 9.17) is 9.47 Å². The van der Waals surface area contributed by atoms with Gasteiger partial charge in [-0.25, -0.2) is 4.79 Å². The Morgan fingerprint density at radius 2 is 1.55 bits per heavy atom. The topological polar surface area (TPSA) is 76.7 Å². The summed E-state index contributed by atoms with van der Waals surface area (Å²) in [6.07, 6.45) is -0.535. The van der Waals surface area contributed by atoms with Gasteiger partial charge >= 0.3 is 6.09 Å². The lowest BCUT2D eigenvalue weighted by Gasteiger charge is -2.13. The molecule has 0 saturated carbocycles. The number of hydrogen-bond donors (Lipinski definition) is 2. The number of benzene rings is 3. The zero-order valence-electron chi connectivity index (χ0n) is 16.3. The molecule has 0 fully saturated rings. The smallest absolute Gasteiger partial charge is 0.411 e. The van der Waals surface area contributed by atoms with Crippen molar-refractivity contribution in [2.45, 2.75) is 13.8 Å². The second kappa shape index (κ2) is 9.41. The number of anilines is 2. The third kappa shape index (κ3) is 5.59. The van der Waals surface area contributed by atoms with Crippen molar-refractivity contribution in [1.29, 1.82) is 0 Å². The number of hydrogen-bond acceptors (Lipinski definition) is 4. The Morgan fingerprint density at radius 1 is 0.862 bits per heavy atom. The first-order chi connectivity index (χ1) is 14.0. The van der Waals surface area contributed by atoms with E-state index < -0.39 is 6.09 Å². The Hall–Kier alpha value is -3.80. The lowest BCUT2D eigenvalue weighted by atomic mass is 10.2. The molecule has 29 heavy (non-hydrogen) atoms. The number of ether oxygens (including phenoxy) is 2. The minimum Gasteiger partial charge on any atom is -0.455 e. The predicted molar refractivity (Wildman–Crippen MR) is 113 cm³/mol. The Morgan fingerprint density at radius 3 is 2.24 bits per heavy atom. The first-order valence-corrected chi connectivity index (χ1v) is 9.24. The van der Waals surface area contributed by atoms with Gasteiger partial charge in [-0.05, 0) is 62.4 Å². The average Bonchev–Trinajstić information content (AvgIpc) is 2.72. The fourth-order valence-electron chi connectivity index (χ4n) is 2.58. The van der Waals surface area contributed by atoms with E-state index in [1.165, 1.54) is 0 Å². The summed E-state index contributed by atoms with van der Waals surface area (Å²) in [5.74, 6) is 0.949. The minimum absolute atomic E-state index is 0.285. The first kappa shape index (κ1) is 19.9.